The van der Waals surface area contributed by atoms with Crippen LogP contribution < -0.4 is 11.1 Å². The summed E-state index contributed by atoms with van der Waals surface area (Å²) >= 11 is 0. The number of aromatic nitrogens is 2. The van der Waals surface area contributed by atoms with Crippen molar-refractivity contribution in [3.8, 4) is 6.07 Å². The zero-order valence-corrected chi connectivity index (χ0v) is 10.1. The van der Waals surface area contributed by atoms with Crippen molar-refractivity contribution in [1.29, 1.82) is 5.26 Å². The zero-order chi connectivity index (χ0) is 15.6. The highest BCUT2D eigenvalue weighted by atomic mass is 19.4. The van der Waals surface area contributed by atoms with Gasteiger partial charge in [-0.05, 0) is 28.5 Å². The van der Waals surface area contributed by atoms with Crippen molar-refractivity contribution in [3.63, 3.8) is 0 Å². The number of rotatable bonds is 2. The van der Waals surface area contributed by atoms with Crippen molar-refractivity contribution in [3.05, 3.63) is 35.0 Å². The van der Waals surface area contributed by atoms with E-state index in [1.807, 2.05) is 0 Å². The van der Waals surface area contributed by atoms with E-state index >= 15 is 0 Å². The van der Waals surface area contributed by atoms with E-state index in [2.05, 4.69) is 20.3 Å². The largest absolute Gasteiger partial charge is 0.416 e. The average molecular weight is 297 g/mol. The zero-order valence-electron chi connectivity index (χ0n) is 10.1. The van der Waals surface area contributed by atoms with Crippen molar-refractivity contribution in [1.82, 2.24) is 10.3 Å². The number of nitrogens with one attached hydrogen (secondary N) is 1. The minimum absolute atomic E-state index is 0.113. The molecule has 0 bridgehead atoms. The highest BCUT2D eigenvalue weighted by Crippen LogP contribution is 2.31. The standard InChI is InChI=1S/C11H6F3N5O2/c12-11(13,14)6-1-2-7(5(3-6)4-15)17-10(20)8-9(16)19-21-18-8/h1-3H,(H2,16,19)(H,17,20). The number of hydrogen-bond acceptors (Lipinski definition) is 6. The number of amides is 1. The number of hydrogen-bond donors (Lipinski definition) is 2. The third kappa shape index (κ3) is 2.92. The molecule has 7 nitrogen and oxygen atoms in total. The summed E-state index contributed by atoms with van der Waals surface area (Å²) in [5.74, 6) is -1.14. The van der Waals surface area contributed by atoms with Crippen LogP contribution in [0.4, 0.5) is 24.7 Å². The van der Waals surface area contributed by atoms with Crippen LogP contribution in [-0.4, -0.2) is 16.2 Å². The number of nitrogens with two attached hydrogens (primary N) is 1. The number of nitriles is 1. The van der Waals surface area contributed by atoms with Gasteiger partial charge in [-0.2, -0.15) is 18.4 Å². The summed E-state index contributed by atoms with van der Waals surface area (Å²) in [6.07, 6.45) is -4.59. The second-order valence-corrected chi connectivity index (χ2v) is 3.82. The molecule has 1 heterocycles. The molecule has 10 heteroatoms. The van der Waals surface area contributed by atoms with Gasteiger partial charge in [0.2, 0.25) is 11.5 Å². The van der Waals surface area contributed by atoms with Crippen LogP contribution in [0.2, 0.25) is 0 Å². The van der Waals surface area contributed by atoms with Crippen molar-refractivity contribution in [2.75, 3.05) is 11.1 Å². The van der Waals surface area contributed by atoms with Crippen molar-refractivity contribution >= 4 is 17.4 Å². The SMILES string of the molecule is N#Cc1cc(C(F)(F)F)ccc1NC(=O)c1nonc1N. The van der Waals surface area contributed by atoms with Crippen LogP contribution in [0.5, 0.6) is 0 Å². The molecule has 0 saturated heterocycles. The summed E-state index contributed by atoms with van der Waals surface area (Å²) in [7, 11) is 0. The molecule has 0 saturated carbocycles. The molecule has 0 radical (unpaired) electrons. The van der Waals surface area contributed by atoms with Gasteiger partial charge in [-0.15, -0.1) is 0 Å². The molecule has 0 spiro atoms. The van der Waals surface area contributed by atoms with Crippen molar-refractivity contribution in [2.45, 2.75) is 6.18 Å². The van der Waals surface area contributed by atoms with Crippen LogP contribution in [0.1, 0.15) is 21.6 Å². The maximum Gasteiger partial charge on any atom is 0.416 e. The second kappa shape index (κ2) is 5.12. The highest BCUT2D eigenvalue weighted by Gasteiger charge is 2.31. The van der Waals surface area contributed by atoms with E-state index in [1.54, 1.807) is 6.07 Å². The molecule has 1 aromatic carbocycles. The molecule has 21 heavy (non-hydrogen) atoms. The lowest BCUT2D eigenvalue weighted by molar-refractivity contribution is -0.137. The Hall–Kier alpha value is -3.09. The molecule has 0 aliphatic carbocycles. The number of nitrogens with zero attached hydrogens (tertiary/aromatic N) is 3. The maximum atomic E-state index is 12.5. The monoisotopic (exact) mass is 297 g/mol. The summed E-state index contributed by atoms with van der Waals surface area (Å²) in [4.78, 5) is 11.8. The van der Waals surface area contributed by atoms with Crippen molar-refractivity contribution in [2.24, 2.45) is 0 Å². The molecule has 0 aliphatic rings. The van der Waals surface area contributed by atoms with Gasteiger partial charge in [-0.25, -0.2) is 4.63 Å². The van der Waals surface area contributed by atoms with Crippen LogP contribution in [0.3, 0.4) is 0 Å². The summed E-state index contributed by atoms with van der Waals surface area (Å²) < 4.78 is 41.8. The average Bonchev–Trinajstić information content (AvgIpc) is 2.84. The summed E-state index contributed by atoms with van der Waals surface area (Å²) in [5, 5.41) is 17.5. The minimum Gasteiger partial charge on any atom is -0.379 e. The van der Waals surface area contributed by atoms with Gasteiger partial charge in [0, 0.05) is 0 Å². The van der Waals surface area contributed by atoms with Gasteiger partial charge in [-0.3, -0.25) is 4.79 Å². The van der Waals surface area contributed by atoms with Gasteiger partial charge in [0.05, 0.1) is 16.8 Å². The summed E-state index contributed by atoms with van der Waals surface area (Å²) in [5.41, 5.74) is 3.50. The van der Waals surface area contributed by atoms with Gasteiger partial charge in [-0.1, -0.05) is 0 Å². The first kappa shape index (κ1) is 14.3. The van der Waals surface area contributed by atoms with Crippen LogP contribution in [-0.2, 0) is 6.18 Å². The number of anilines is 2. The van der Waals surface area contributed by atoms with Crippen LogP contribution >= 0.6 is 0 Å². The van der Waals surface area contributed by atoms with Gasteiger partial charge in [0.15, 0.2) is 0 Å². The topological polar surface area (TPSA) is 118 Å². The number of alkyl halides is 3. The molecule has 3 N–H and O–H groups in total. The fourth-order valence-electron chi connectivity index (χ4n) is 1.46. The Bertz CT molecular complexity index is 732. The first-order valence-electron chi connectivity index (χ1n) is 5.33. The molecular formula is C11H6F3N5O2. The third-order valence-electron chi connectivity index (χ3n) is 2.44. The van der Waals surface area contributed by atoms with Gasteiger partial charge in [0.1, 0.15) is 6.07 Å². The molecule has 108 valence electrons. The lowest BCUT2D eigenvalue weighted by Gasteiger charge is -2.10. The van der Waals surface area contributed by atoms with Gasteiger partial charge in [0.25, 0.3) is 5.91 Å². The van der Waals surface area contributed by atoms with Crippen LogP contribution in [0, 0.1) is 11.3 Å². The van der Waals surface area contributed by atoms with Crippen LogP contribution in [0.15, 0.2) is 22.8 Å². The Morgan fingerprint density at radius 3 is 2.62 bits per heavy atom. The highest BCUT2D eigenvalue weighted by molar-refractivity contribution is 6.06. The van der Waals surface area contributed by atoms with Gasteiger partial charge < -0.3 is 11.1 Å². The number of halogens is 3. The van der Waals surface area contributed by atoms with E-state index in [1.165, 1.54) is 0 Å². The first-order chi connectivity index (χ1) is 9.82. The Morgan fingerprint density at radius 1 is 1.38 bits per heavy atom. The minimum atomic E-state index is -4.59. The Kier molecular flexibility index (Phi) is 3.49. The smallest absolute Gasteiger partial charge is 0.379 e. The number of carbonyl (C=O) groups is 1. The Balaban J connectivity index is 2.31. The maximum absolute atomic E-state index is 12.5. The molecule has 1 aromatic heterocycles. The van der Waals surface area contributed by atoms with E-state index in [-0.39, 0.29) is 22.8 Å². The fraction of sp³-hybridized carbons (Fsp3) is 0.0909. The molecule has 0 unspecified atom stereocenters. The first-order valence-corrected chi connectivity index (χ1v) is 5.33. The molecule has 2 rings (SSSR count). The lowest BCUT2D eigenvalue weighted by atomic mass is 10.1. The molecule has 1 amide bonds. The number of carbonyl (C=O) groups excluding carboxylic acids is 1. The van der Waals surface area contributed by atoms with E-state index in [9.17, 15) is 18.0 Å². The molecule has 2 aromatic rings. The quantitative estimate of drug-likeness (QED) is 0.872. The molecule has 0 aliphatic heterocycles. The predicted octanol–water partition coefficient (Wildman–Crippen LogP) is 1.79. The van der Waals surface area contributed by atoms with E-state index < -0.39 is 17.6 Å². The Labute approximate surface area is 115 Å². The number of nitrogen functional groups attached to an aromatic ring is 1. The van der Waals surface area contributed by atoms with Crippen LogP contribution in [0.25, 0.3) is 0 Å². The summed E-state index contributed by atoms with van der Waals surface area (Å²) in [6.45, 7) is 0. The van der Waals surface area contributed by atoms with E-state index in [4.69, 9.17) is 11.0 Å². The molecular weight excluding hydrogens is 291 g/mol. The van der Waals surface area contributed by atoms with E-state index in [0.29, 0.717) is 6.07 Å². The predicted molar refractivity (Wildman–Crippen MR) is 62.8 cm³/mol. The Morgan fingerprint density at radius 2 is 2.10 bits per heavy atom. The second-order valence-electron chi connectivity index (χ2n) is 3.82. The fourth-order valence-corrected chi connectivity index (χ4v) is 1.46. The van der Waals surface area contributed by atoms with Gasteiger partial charge >= 0.3 is 6.18 Å². The lowest BCUT2D eigenvalue weighted by Crippen LogP contribution is -2.15. The summed E-state index contributed by atoms with van der Waals surface area (Å²) in [6, 6.07) is 3.89. The normalized spacial score (nSPS) is 11.0. The van der Waals surface area contributed by atoms with E-state index in [0.717, 1.165) is 12.1 Å². The van der Waals surface area contributed by atoms with Crippen molar-refractivity contribution < 1.29 is 22.6 Å². The molecule has 0 atom stereocenters. The third-order valence-corrected chi connectivity index (χ3v) is 2.44. The number of benzene rings is 1. The molecule has 0 fully saturated rings.